The molecule has 0 spiro atoms. The molecule has 30 heavy (non-hydrogen) atoms. The first-order valence-corrected chi connectivity index (χ1v) is 10.4. The highest BCUT2D eigenvalue weighted by atomic mass is 16.3. The summed E-state index contributed by atoms with van der Waals surface area (Å²) in [5, 5.41) is 31.6. The molecule has 0 radical (unpaired) electrons. The largest absolute Gasteiger partial charge is 0.396 e. The van der Waals surface area contributed by atoms with Gasteiger partial charge < -0.3 is 15.3 Å². The van der Waals surface area contributed by atoms with Crippen LogP contribution in [0.25, 0.3) is 0 Å². The molecule has 0 aromatic heterocycles. The molecule has 3 heteroatoms. The van der Waals surface area contributed by atoms with Gasteiger partial charge in [0.2, 0.25) is 0 Å². The molecule has 0 aliphatic heterocycles. The number of benzene rings is 3. The van der Waals surface area contributed by atoms with Crippen molar-refractivity contribution in [2.24, 2.45) is 5.41 Å². The minimum absolute atomic E-state index is 0.340. The van der Waals surface area contributed by atoms with Gasteiger partial charge in [-0.05, 0) is 43.9 Å². The van der Waals surface area contributed by atoms with Crippen molar-refractivity contribution in [1.82, 2.24) is 0 Å². The van der Waals surface area contributed by atoms with Crippen LogP contribution < -0.4 is 0 Å². The van der Waals surface area contributed by atoms with Crippen LogP contribution in [0.4, 0.5) is 0 Å². The normalized spacial score (nSPS) is 12.2. The zero-order valence-corrected chi connectivity index (χ0v) is 18.1. The zero-order valence-electron chi connectivity index (χ0n) is 18.1. The molecule has 0 bridgehead atoms. The predicted molar refractivity (Wildman–Crippen MR) is 122 cm³/mol. The van der Waals surface area contributed by atoms with Crippen LogP contribution in [0.3, 0.4) is 0 Å². The summed E-state index contributed by atoms with van der Waals surface area (Å²) in [6, 6.07) is 24.7. The van der Waals surface area contributed by atoms with Gasteiger partial charge in [-0.25, -0.2) is 0 Å². The van der Waals surface area contributed by atoms with Gasteiger partial charge in [0.25, 0.3) is 0 Å². The van der Waals surface area contributed by atoms with Crippen LogP contribution in [0.15, 0.2) is 72.8 Å². The standard InChI is InChI=1S/C27H32O3/c1-20-4-10-23(11-5-20)16-27(26(17-28,18-29)19-30,24-12-6-21(2)7-13-24)25-14-8-22(3)9-15-25/h4-15,28-30H,16-19H2,1-3H3. The van der Waals surface area contributed by atoms with E-state index < -0.39 is 10.8 Å². The molecule has 3 aromatic rings. The number of aliphatic hydroxyl groups excluding tert-OH is 3. The first kappa shape index (κ1) is 22.2. The predicted octanol–water partition coefficient (Wildman–Crippen LogP) is 4.10. The number of hydrogen-bond donors (Lipinski definition) is 3. The van der Waals surface area contributed by atoms with Crippen LogP contribution in [0.2, 0.25) is 0 Å². The summed E-state index contributed by atoms with van der Waals surface area (Å²) in [4.78, 5) is 0. The van der Waals surface area contributed by atoms with Crippen molar-refractivity contribution in [2.75, 3.05) is 19.8 Å². The van der Waals surface area contributed by atoms with Crippen molar-refractivity contribution in [3.8, 4) is 0 Å². The second kappa shape index (κ2) is 9.13. The van der Waals surface area contributed by atoms with Gasteiger partial charge in [-0.2, -0.15) is 0 Å². The fraction of sp³-hybridized carbons (Fsp3) is 0.333. The van der Waals surface area contributed by atoms with Gasteiger partial charge in [0.05, 0.1) is 25.2 Å². The fourth-order valence-corrected chi connectivity index (χ4v) is 4.41. The van der Waals surface area contributed by atoms with E-state index in [2.05, 4.69) is 55.5 Å². The van der Waals surface area contributed by atoms with Crippen LogP contribution in [0, 0.1) is 26.2 Å². The Bertz CT molecular complexity index is 883. The SMILES string of the molecule is Cc1ccc(CC(c2ccc(C)cc2)(c2ccc(C)cc2)C(CO)(CO)CO)cc1. The van der Waals surface area contributed by atoms with Crippen molar-refractivity contribution in [3.63, 3.8) is 0 Å². The van der Waals surface area contributed by atoms with Crippen LogP contribution in [0.1, 0.15) is 33.4 Å². The Morgan fingerprint density at radius 2 is 0.867 bits per heavy atom. The Balaban J connectivity index is 2.35. The third-order valence-corrected chi connectivity index (χ3v) is 6.49. The van der Waals surface area contributed by atoms with E-state index in [4.69, 9.17) is 0 Å². The average Bonchev–Trinajstić information content (AvgIpc) is 2.77. The molecule has 3 rings (SSSR count). The molecule has 0 saturated carbocycles. The molecular formula is C27H32O3. The maximum atomic E-state index is 10.5. The van der Waals surface area contributed by atoms with Gasteiger partial charge in [-0.15, -0.1) is 0 Å². The lowest BCUT2D eigenvalue weighted by atomic mass is 9.55. The molecule has 3 nitrogen and oxygen atoms in total. The van der Waals surface area contributed by atoms with Crippen LogP contribution >= 0.6 is 0 Å². The van der Waals surface area contributed by atoms with E-state index in [1.54, 1.807) is 0 Å². The lowest BCUT2D eigenvalue weighted by Gasteiger charge is -2.49. The third kappa shape index (κ3) is 3.93. The van der Waals surface area contributed by atoms with E-state index in [-0.39, 0.29) is 19.8 Å². The van der Waals surface area contributed by atoms with E-state index in [9.17, 15) is 15.3 Å². The summed E-state index contributed by atoms with van der Waals surface area (Å²) < 4.78 is 0. The molecule has 3 N–H and O–H groups in total. The summed E-state index contributed by atoms with van der Waals surface area (Å²) in [5.74, 6) is 0. The maximum Gasteiger partial charge on any atom is 0.0543 e. The van der Waals surface area contributed by atoms with Crippen LogP contribution in [0.5, 0.6) is 0 Å². The van der Waals surface area contributed by atoms with Crippen LogP contribution in [-0.4, -0.2) is 35.1 Å². The first-order valence-electron chi connectivity index (χ1n) is 10.4. The number of rotatable bonds is 8. The molecule has 0 saturated heterocycles. The Morgan fingerprint density at radius 3 is 1.20 bits per heavy atom. The summed E-state index contributed by atoms with van der Waals surface area (Å²) in [6.07, 6.45) is 0.543. The van der Waals surface area contributed by atoms with E-state index in [1.807, 2.05) is 38.1 Å². The van der Waals surface area contributed by atoms with Gasteiger partial charge in [-0.1, -0.05) is 89.5 Å². The number of aryl methyl sites for hydroxylation is 3. The summed E-state index contributed by atoms with van der Waals surface area (Å²) >= 11 is 0. The second-order valence-corrected chi connectivity index (χ2v) is 8.55. The van der Waals surface area contributed by atoms with Crippen molar-refractivity contribution >= 4 is 0 Å². The Morgan fingerprint density at radius 1 is 0.533 bits per heavy atom. The minimum atomic E-state index is -1.15. The molecule has 0 unspecified atom stereocenters. The van der Waals surface area contributed by atoms with Gasteiger partial charge in [0.15, 0.2) is 0 Å². The molecular weight excluding hydrogens is 372 g/mol. The Labute approximate surface area is 179 Å². The molecule has 0 amide bonds. The van der Waals surface area contributed by atoms with E-state index in [0.29, 0.717) is 6.42 Å². The molecule has 3 aromatic carbocycles. The summed E-state index contributed by atoms with van der Waals surface area (Å²) in [6.45, 7) is 5.11. The quantitative estimate of drug-likeness (QED) is 0.530. The summed E-state index contributed by atoms with van der Waals surface area (Å²) in [5.41, 5.74) is 4.49. The number of aliphatic hydroxyl groups is 3. The molecule has 158 valence electrons. The van der Waals surface area contributed by atoms with E-state index >= 15 is 0 Å². The molecule has 0 atom stereocenters. The summed E-state index contributed by atoms with van der Waals surface area (Å²) in [7, 11) is 0. The van der Waals surface area contributed by atoms with Crippen molar-refractivity contribution in [3.05, 3.63) is 106 Å². The van der Waals surface area contributed by atoms with Crippen molar-refractivity contribution < 1.29 is 15.3 Å². The Kier molecular flexibility index (Phi) is 6.77. The lowest BCUT2D eigenvalue weighted by Crippen LogP contribution is -2.55. The molecule has 0 aliphatic rings. The van der Waals surface area contributed by atoms with Crippen LogP contribution in [-0.2, 0) is 11.8 Å². The van der Waals surface area contributed by atoms with E-state index in [1.165, 1.54) is 5.56 Å². The van der Waals surface area contributed by atoms with Gasteiger partial charge >= 0.3 is 0 Å². The van der Waals surface area contributed by atoms with Crippen molar-refractivity contribution in [1.29, 1.82) is 0 Å². The second-order valence-electron chi connectivity index (χ2n) is 8.55. The highest BCUT2D eigenvalue weighted by Crippen LogP contribution is 2.49. The lowest BCUT2D eigenvalue weighted by molar-refractivity contribution is -0.0429. The molecule has 0 aliphatic carbocycles. The fourth-order valence-electron chi connectivity index (χ4n) is 4.41. The van der Waals surface area contributed by atoms with E-state index in [0.717, 1.165) is 27.8 Å². The smallest absolute Gasteiger partial charge is 0.0543 e. The average molecular weight is 405 g/mol. The van der Waals surface area contributed by atoms with Gasteiger partial charge in [0.1, 0.15) is 0 Å². The monoisotopic (exact) mass is 404 g/mol. The number of hydrogen-bond acceptors (Lipinski definition) is 3. The van der Waals surface area contributed by atoms with Crippen molar-refractivity contribution in [2.45, 2.75) is 32.6 Å². The van der Waals surface area contributed by atoms with Gasteiger partial charge in [-0.3, -0.25) is 0 Å². The first-order chi connectivity index (χ1) is 14.4. The Hall–Kier alpha value is -2.46. The maximum absolute atomic E-state index is 10.5. The minimum Gasteiger partial charge on any atom is -0.396 e. The molecule has 0 fully saturated rings. The topological polar surface area (TPSA) is 60.7 Å². The molecule has 0 heterocycles. The zero-order chi connectivity index (χ0) is 21.8. The third-order valence-electron chi connectivity index (χ3n) is 6.49. The highest BCUT2D eigenvalue weighted by Gasteiger charge is 2.52. The van der Waals surface area contributed by atoms with Gasteiger partial charge in [0, 0.05) is 5.41 Å². The highest BCUT2D eigenvalue weighted by molar-refractivity contribution is 5.47.